The van der Waals surface area contributed by atoms with Crippen LogP contribution in [-0.4, -0.2) is 46.4 Å². The fourth-order valence-electron chi connectivity index (χ4n) is 5.67. The van der Waals surface area contributed by atoms with Crippen molar-refractivity contribution in [1.82, 2.24) is 0 Å². The number of halogens is 1. The summed E-state index contributed by atoms with van der Waals surface area (Å²) in [5, 5.41) is 10.4. The molecule has 2 aromatic carbocycles. The number of aliphatic hydroxyl groups excluding tert-OH is 1. The van der Waals surface area contributed by atoms with Crippen molar-refractivity contribution < 1.29 is 37.0 Å². The summed E-state index contributed by atoms with van der Waals surface area (Å²) >= 11 is 0. The average molecular weight is 786 g/mol. The van der Waals surface area contributed by atoms with Gasteiger partial charge in [0.15, 0.2) is 0 Å². The van der Waals surface area contributed by atoms with Crippen molar-refractivity contribution in [3.05, 3.63) is 112 Å². The van der Waals surface area contributed by atoms with Crippen LogP contribution in [0.15, 0.2) is 89.1 Å². The summed E-state index contributed by atoms with van der Waals surface area (Å²) < 4.78 is 55.8. The number of aryl methyl sites for hydroxylation is 1. The van der Waals surface area contributed by atoms with Crippen molar-refractivity contribution in [3.8, 4) is 5.75 Å². The molecule has 0 aliphatic heterocycles. The van der Waals surface area contributed by atoms with E-state index in [9.17, 15) is 18.3 Å². The molecule has 55 heavy (non-hydrogen) atoms. The van der Waals surface area contributed by atoms with Gasteiger partial charge < -0.3 is 24.2 Å². The van der Waals surface area contributed by atoms with Gasteiger partial charge in [0.25, 0.3) is 10.0 Å². The number of carbonyl (C=O) groups excluding carboxylic acids is 2. The molecule has 0 amide bonds. The standard InChI is InChI=1S/C38H48FNO5S.C2H6O.2C2H6.CH2O/c1-9-10-14-37(25(2)3)46(43,44)40(32-18-17-31(35(39)23-32)13-11-12-29(8)41)24-30-16-20-36(45-26(4)5)34(22-30)38-27(6)15-19-33(42)21-28(38)7;1-3-2;3*1-2/h9-10,14,16-18,20-23,26-27,42H,2,11-13,15,19,24H2,1,3-8H3;1-2H3;2*1-2H3;1H2/b10-9-,37-14+;;;;. The third-order valence-electron chi connectivity index (χ3n) is 7.89. The van der Waals surface area contributed by atoms with Gasteiger partial charge in [-0.3, -0.25) is 4.31 Å². The van der Waals surface area contributed by atoms with E-state index >= 15 is 4.39 Å². The summed E-state index contributed by atoms with van der Waals surface area (Å²) in [4.78, 5) is 19.4. The quantitative estimate of drug-likeness (QED) is 0.190. The van der Waals surface area contributed by atoms with Crippen LogP contribution < -0.4 is 9.04 Å². The Labute approximate surface area is 332 Å². The predicted molar refractivity (Wildman–Crippen MR) is 229 cm³/mol. The van der Waals surface area contributed by atoms with E-state index < -0.39 is 15.8 Å². The second-order valence-corrected chi connectivity index (χ2v) is 14.6. The molecule has 0 saturated heterocycles. The Kier molecular flexibility index (Phi) is 27.1. The maximum atomic E-state index is 15.5. The first-order valence-electron chi connectivity index (χ1n) is 19.0. The Bertz CT molecular complexity index is 1720. The molecule has 308 valence electrons. The van der Waals surface area contributed by atoms with E-state index in [1.807, 2.05) is 73.5 Å². The molecule has 0 radical (unpaired) electrons. The van der Waals surface area contributed by atoms with Gasteiger partial charge in [0, 0.05) is 32.6 Å². The highest BCUT2D eigenvalue weighted by atomic mass is 32.2. The molecule has 0 bridgehead atoms. The summed E-state index contributed by atoms with van der Waals surface area (Å²) in [6.07, 6.45) is 9.09. The highest BCUT2D eigenvalue weighted by Gasteiger charge is 2.29. The number of carbonyl (C=O) groups is 2. The van der Waals surface area contributed by atoms with Crippen molar-refractivity contribution >= 4 is 33.9 Å². The van der Waals surface area contributed by atoms with E-state index in [2.05, 4.69) is 18.2 Å². The second kappa shape index (κ2) is 28.2. The Hall–Kier alpha value is -4.28. The van der Waals surface area contributed by atoms with Gasteiger partial charge in [0.05, 0.1) is 29.0 Å². The summed E-state index contributed by atoms with van der Waals surface area (Å²) in [5.74, 6) is 0.605. The van der Waals surface area contributed by atoms with E-state index in [1.165, 1.54) is 23.4 Å². The van der Waals surface area contributed by atoms with Gasteiger partial charge in [0.1, 0.15) is 24.1 Å². The van der Waals surface area contributed by atoms with Crippen LogP contribution in [0.5, 0.6) is 5.75 Å². The fourth-order valence-corrected chi connectivity index (χ4v) is 7.31. The van der Waals surface area contributed by atoms with Gasteiger partial charge in [-0.1, -0.05) is 65.5 Å². The largest absolute Gasteiger partial charge is 0.512 e. The first kappa shape index (κ1) is 52.8. The molecule has 10 heteroatoms. The maximum absolute atomic E-state index is 15.5. The molecule has 0 fully saturated rings. The van der Waals surface area contributed by atoms with Crippen LogP contribution in [0.3, 0.4) is 0 Å². The topological polar surface area (TPSA) is 110 Å². The summed E-state index contributed by atoms with van der Waals surface area (Å²) in [6.45, 7) is 26.7. The molecule has 0 spiro atoms. The number of hydrogen-bond donors (Lipinski definition) is 1. The van der Waals surface area contributed by atoms with Gasteiger partial charge in [-0.15, -0.1) is 0 Å². The zero-order valence-corrected chi connectivity index (χ0v) is 36.5. The molecule has 1 aliphatic rings. The van der Waals surface area contributed by atoms with E-state index in [0.29, 0.717) is 53.9 Å². The highest BCUT2D eigenvalue weighted by molar-refractivity contribution is 7.96. The third-order valence-corrected chi connectivity index (χ3v) is 9.85. The number of rotatable bonds is 14. The van der Waals surface area contributed by atoms with Crippen LogP contribution in [0, 0.1) is 11.7 Å². The second-order valence-electron chi connectivity index (χ2n) is 12.8. The Balaban J connectivity index is 0. The smallest absolute Gasteiger partial charge is 0.264 e. The van der Waals surface area contributed by atoms with Crippen LogP contribution in [0.2, 0.25) is 0 Å². The lowest BCUT2D eigenvalue weighted by Gasteiger charge is -2.28. The minimum Gasteiger partial charge on any atom is -0.512 e. The summed E-state index contributed by atoms with van der Waals surface area (Å²) in [5.41, 5.74) is 4.40. The van der Waals surface area contributed by atoms with Crippen LogP contribution >= 0.6 is 0 Å². The van der Waals surface area contributed by atoms with E-state index in [1.54, 1.807) is 58.4 Å². The Morgan fingerprint density at radius 3 is 2.18 bits per heavy atom. The first-order chi connectivity index (χ1) is 26.1. The lowest BCUT2D eigenvalue weighted by Crippen LogP contribution is -2.32. The van der Waals surface area contributed by atoms with Crippen molar-refractivity contribution in [2.75, 3.05) is 18.5 Å². The molecule has 0 heterocycles. The summed E-state index contributed by atoms with van der Waals surface area (Å²) in [7, 11) is -0.949. The molecule has 1 N–H and O–H groups in total. The molecule has 0 aromatic heterocycles. The molecule has 1 atom stereocenters. The van der Waals surface area contributed by atoms with Gasteiger partial charge in [0.2, 0.25) is 0 Å². The van der Waals surface area contributed by atoms with Gasteiger partial charge in [-0.2, -0.15) is 0 Å². The normalized spacial score (nSPS) is 14.1. The van der Waals surface area contributed by atoms with Crippen LogP contribution in [0.25, 0.3) is 5.57 Å². The van der Waals surface area contributed by atoms with Crippen molar-refractivity contribution in [3.63, 3.8) is 0 Å². The lowest BCUT2D eigenvalue weighted by molar-refractivity contribution is -0.117. The number of hydrogen-bond acceptors (Lipinski definition) is 7. The molecular formula is C45H68FNO7S. The molecule has 1 aliphatic carbocycles. The molecule has 0 saturated carbocycles. The first-order valence-corrected chi connectivity index (χ1v) is 20.4. The maximum Gasteiger partial charge on any atom is 0.264 e. The van der Waals surface area contributed by atoms with E-state index in [0.717, 1.165) is 23.1 Å². The van der Waals surface area contributed by atoms with Crippen molar-refractivity contribution in [1.29, 1.82) is 0 Å². The van der Waals surface area contributed by atoms with Crippen molar-refractivity contribution in [2.45, 2.75) is 121 Å². The lowest BCUT2D eigenvalue weighted by atomic mass is 9.87. The number of benzene rings is 2. The fraction of sp³-hybridized carbons (Fsp3) is 0.467. The minimum atomic E-state index is -4.20. The van der Waals surface area contributed by atoms with E-state index in [-0.39, 0.29) is 34.9 Å². The van der Waals surface area contributed by atoms with Gasteiger partial charge in [-0.05, 0) is 131 Å². The molecular weight excluding hydrogens is 718 g/mol. The number of aliphatic hydroxyl groups is 1. The van der Waals surface area contributed by atoms with Crippen LogP contribution in [0.4, 0.5) is 10.1 Å². The van der Waals surface area contributed by atoms with Crippen molar-refractivity contribution in [2.24, 2.45) is 5.92 Å². The number of sulfonamides is 1. The monoisotopic (exact) mass is 785 g/mol. The summed E-state index contributed by atoms with van der Waals surface area (Å²) in [6, 6.07) is 10.1. The number of allylic oxidation sites excluding steroid dienone is 8. The number of ether oxygens (including phenoxy) is 2. The predicted octanol–water partition coefficient (Wildman–Crippen LogP) is 11.7. The van der Waals surface area contributed by atoms with E-state index in [4.69, 9.17) is 9.53 Å². The van der Waals surface area contributed by atoms with Gasteiger partial charge >= 0.3 is 0 Å². The number of Topliss-reactive ketones (excluding diaryl/α,β-unsaturated/α-hetero) is 1. The SMILES string of the molecule is C=C(C)/C(=C\C=C/C)S(=O)(=O)N(Cc1ccc(OC(C)C)c(C2=C(C)C=C(O)CCC2C)c1)c1ccc(CCCC(C)=O)c(F)c1.C=O.CC.CC.COC. The van der Waals surface area contributed by atoms with Crippen LogP contribution in [0.1, 0.15) is 119 Å². The average Bonchev–Trinajstić information content (AvgIpc) is 3.26. The zero-order valence-electron chi connectivity index (χ0n) is 35.7. The number of ketones is 1. The minimum absolute atomic E-state index is 0.0214. The number of methoxy groups -OCH3 is 1. The van der Waals surface area contributed by atoms with Crippen LogP contribution in [-0.2, 0) is 37.3 Å². The number of nitrogens with zero attached hydrogens (tertiary/aromatic N) is 1. The Morgan fingerprint density at radius 1 is 1.07 bits per heavy atom. The molecule has 1 unspecified atom stereocenters. The molecule has 3 rings (SSSR count). The van der Waals surface area contributed by atoms with Gasteiger partial charge in [-0.25, -0.2) is 12.8 Å². The molecule has 2 aromatic rings. The third kappa shape index (κ3) is 17.4. The number of anilines is 1. The molecule has 8 nitrogen and oxygen atoms in total. The highest BCUT2D eigenvalue weighted by Crippen LogP contribution is 2.40. The Morgan fingerprint density at radius 2 is 1.67 bits per heavy atom. The zero-order chi connectivity index (χ0) is 42.9.